The summed E-state index contributed by atoms with van der Waals surface area (Å²) in [5.41, 5.74) is 4.28. The lowest BCUT2D eigenvalue weighted by Crippen LogP contribution is -2.51. The summed E-state index contributed by atoms with van der Waals surface area (Å²) in [6.07, 6.45) is 36.2. The number of hydrogen-bond donors (Lipinski definition) is 0. The Morgan fingerprint density at radius 1 is 0.764 bits per heavy atom. The first-order valence-electron chi connectivity index (χ1n) is 23.1. The molecule has 0 N–H and O–H groups in total. The van der Waals surface area contributed by atoms with Crippen LogP contribution in [0.2, 0.25) is 0 Å². The third-order valence-corrected chi connectivity index (χ3v) is 15.6. The molecular formula is C51H76O4. The number of fused-ring (bicyclic) bond motifs is 5. The Labute approximate surface area is 335 Å². The molecule has 0 bridgehead atoms. The van der Waals surface area contributed by atoms with Crippen molar-refractivity contribution in [2.24, 2.45) is 46.3 Å². The van der Waals surface area contributed by atoms with Crippen molar-refractivity contribution >= 4 is 11.9 Å². The summed E-state index contributed by atoms with van der Waals surface area (Å²) in [5.74, 6) is 5.26. The van der Waals surface area contributed by atoms with Gasteiger partial charge in [0.15, 0.2) is 0 Å². The van der Waals surface area contributed by atoms with Gasteiger partial charge in [-0.25, -0.2) is 4.79 Å². The van der Waals surface area contributed by atoms with Crippen LogP contribution in [-0.4, -0.2) is 24.6 Å². The van der Waals surface area contributed by atoms with Crippen LogP contribution < -0.4 is 0 Å². The molecule has 304 valence electrons. The molecule has 55 heavy (non-hydrogen) atoms. The minimum Gasteiger partial charge on any atom is -0.462 e. The van der Waals surface area contributed by atoms with Crippen molar-refractivity contribution in [2.45, 2.75) is 181 Å². The van der Waals surface area contributed by atoms with Crippen molar-refractivity contribution in [3.8, 4) is 0 Å². The normalized spacial score (nSPS) is 30.4. The molecule has 0 unspecified atom stereocenters. The molecule has 5 aliphatic rings. The van der Waals surface area contributed by atoms with Gasteiger partial charge in [0.2, 0.25) is 0 Å². The van der Waals surface area contributed by atoms with Gasteiger partial charge in [0.05, 0.1) is 12.2 Å². The van der Waals surface area contributed by atoms with Crippen molar-refractivity contribution in [1.29, 1.82) is 0 Å². The average molecular weight is 753 g/mol. The minimum atomic E-state index is -0.226. The van der Waals surface area contributed by atoms with Crippen LogP contribution in [0.3, 0.4) is 0 Å². The number of rotatable bonds is 20. The van der Waals surface area contributed by atoms with Crippen LogP contribution in [0, 0.1) is 46.3 Å². The average Bonchev–Trinajstić information content (AvgIpc) is 3.84. The van der Waals surface area contributed by atoms with E-state index in [-0.39, 0.29) is 18.0 Å². The largest absolute Gasteiger partial charge is 0.462 e. The molecule has 5 aliphatic carbocycles. The van der Waals surface area contributed by atoms with E-state index in [0.29, 0.717) is 35.3 Å². The molecule has 0 aliphatic heterocycles. The van der Waals surface area contributed by atoms with E-state index in [0.717, 1.165) is 74.0 Å². The van der Waals surface area contributed by atoms with Gasteiger partial charge in [-0.1, -0.05) is 147 Å². The predicted octanol–water partition coefficient (Wildman–Crippen LogP) is 13.9. The second-order valence-electron chi connectivity index (χ2n) is 19.6. The number of allylic oxidation sites excluding steroid dienone is 5. The van der Waals surface area contributed by atoms with Crippen LogP contribution in [0.25, 0.3) is 0 Å². The first-order chi connectivity index (χ1) is 26.6. The van der Waals surface area contributed by atoms with Gasteiger partial charge in [0, 0.05) is 18.8 Å². The van der Waals surface area contributed by atoms with Crippen molar-refractivity contribution in [3.05, 3.63) is 71.3 Å². The summed E-state index contributed by atoms with van der Waals surface area (Å²) in [4.78, 5) is 25.3. The highest BCUT2D eigenvalue weighted by Crippen LogP contribution is 2.67. The van der Waals surface area contributed by atoms with E-state index in [9.17, 15) is 9.59 Å². The number of benzene rings is 1. The monoisotopic (exact) mass is 753 g/mol. The van der Waals surface area contributed by atoms with Crippen LogP contribution >= 0.6 is 0 Å². The SMILES string of the molecule is CC(C)CCC[C@@H](C)[C@H]1CC[C@H]2[C@@H]3CC=C4C[C@@H](OC(=O)CCCCCCCCCCCOC(=O)c5ccc(C6C=CC=C6)cc5)CC[C@]4(C)[C@H]3CC[C@]12C. The fourth-order valence-electron chi connectivity index (χ4n) is 12.4. The van der Waals surface area contributed by atoms with E-state index in [1.165, 1.54) is 95.5 Å². The zero-order valence-corrected chi connectivity index (χ0v) is 35.5. The molecule has 0 aromatic heterocycles. The van der Waals surface area contributed by atoms with Gasteiger partial charge in [0.25, 0.3) is 0 Å². The Hall–Kier alpha value is -2.62. The van der Waals surface area contributed by atoms with E-state index in [1.54, 1.807) is 5.57 Å². The number of carbonyl (C=O) groups is 2. The maximum Gasteiger partial charge on any atom is 0.338 e. The molecule has 3 fully saturated rings. The Morgan fingerprint density at radius 2 is 1.45 bits per heavy atom. The molecule has 1 aromatic rings. The molecule has 4 heteroatoms. The summed E-state index contributed by atoms with van der Waals surface area (Å²) in [6, 6.07) is 7.78. The Balaban J connectivity index is 0.803. The standard InChI is InChI=1S/C51H76O4/c1-37(2)18-17-19-38(3)45-29-30-46-44-28-27-42-36-43(31-33-50(42,4)47(44)32-34-51(45,46)5)55-48(52)22-13-11-9-7-6-8-10-12-16-35-54-49(53)41-25-23-40(24-26-41)39-20-14-15-21-39/h14-15,20-21,23-27,37-39,43-47H,6-13,16-19,22,28-36H2,1-5H3/t38-,43+,44+,45-,46+,47+,50+,51-/m1/s1. The first-order valence-corrected chi connectivity index (χ1v) is 23.1. The van der Waals surface area contributed by atoms with Gasteiger partial charge in [-0.05, 0) is 122 Å². The number of unbranched alkanes of at least 4 members (excludes halogenated alkanes) is 8. The molecule has 0 saturated heterocycles. The first kappa shape index (κ1) is 42.0. The van der Waals surface area contributed by atoms with Crippen LogP contribution in [0.1, 0.15) is 191 Å². The summed E-state index contributed by atoms with van der Waals surface area (Å²) in [6.45, 7) is 13.1. The number of carbonyl (C=O) groups excluding carboxylic acids is 2. The zero-order chi connectivity index (χ0) is 38.8. The third-order valence-electron chi connectivity index (χ3n) is 15.6. The maximum absolute atomic E-state index is 12.9. The Bertz CT molecular complexity index is 1470. The third kappa shape index (κ3) is 10.5. The molecule has 1 aromatic carbocycles. The fraction of sp³-hybridized carbons (Fsp3) is 0.725. The summed E-state index contributed by atoms with van der Waals surface area (Å²) in [7, 11) is 0. The van der Waals surface area contributed by atoms with Crippen molar-refractivity contribution < 1.29 is 19.1 Å². The van der Waals surface area contributed by atoms with Crippen LogP contribution in [-0.2, 0) is 14.3 Å². The minimum absolute atomic E-state index is 0.0208. The molecule has 4 nitrogen and oxygen atoms in total. The van der Waals surface area contributed by atoms with Crippen LogP contribution in [0.15, 0.2) is 60.2 Å². The fourth-order valence-corrected chi connectivity index (χ4v) is 12.4. The van der Waals surface area contributed by atoms with Gasteiger partial charge in [0.1, 0.15) is 6.10 Å². The molecule has 3 saturated carbocycles. The molecule has 6 rings (SSSR count). The van der Waals surface area contributed by atoms with Gasteiger partial charge >= 0.3 is 11.9 Å². The van der Waals surface area contributed by atoms with E-state index >= 15 is 0 Å². The topological polar surface area (TPSA) is 52.6 Å². The maximum atomic E-state index is 12.9. The van der Waals surface area contributed by atoms with Gasteiger partial charge < -0.3 is 9.47 Å². The number of esters is 2. The van der Waals surface area contributed by atoms with Crippen molar-refractivity contribution in [3.63, 3.8) is 0 Å². The second-order valence-corrected chi connectivity index (χ2v) is 19.6. The van der Waals surface area contributed by atoms with Crippen LogP contribution in [0.5, 0.6) is 0 Å². The zero-order valence-electron chi connectivity index (χ0n) is 35.5. The molecule has 8 atom stereocenters. The highest BCUT2D eigenvalue weighted by molar-refractivity contribution is 5.89. The molecule has 0 radical (unpaired) electrons. The smallest absolute Gasteiger partial charge is 0.338 e. The van der Waals surface area contributed by atoms with E-state index in [1.807, 2.05) is 24.3 Å². The second kappa shape index (κ2) is 19.7. The van der Waals surface area contributed by atoms with Crippen molar-refractivity contribution in [2.75, 3.05) is 6.61 Å². The highest BCUT2D eigenvalue weighted by Gasteiger charge is 2.59. The molecule has 0 heterocycles. The van der Waals surface area contributed by atoms with E-state index < -0.39 is 0 Å². The van der Waals surface area contributed by atoms with Gasteiger partial charge in [-0.3, -0.25) is 4.79 Å². The lowest BCUT2D eigenvalue weighted by Gasteiger charge is -2.58. The number of ether oxygens (including phenoxy) is 2. The summed E-state index contributed by atoms with van der Waals surface area (Å²) >= 11 is 0. The summed E-state index contributed by atoms with van der Waals surface area (Å²) in [5, 5.41) is 0. The van der Waals surface area contributed by atoms with Gasteiger partial charge in [-0.15, -0.1) is 0 Å². The van der Waals surface area contributed by atoms with Crippen LogP contribution in [0.4, 0.5) is 0 Å². The van der Waals surface area contributed by atoms with Gasteiger partial charge in [-0.2, -0.15) is 0 Å². The van der Waals surface area contributed by atoms with E-state index in [4.69, 9.17) is 9.47 Å². The predicted molar refractivity (Wildman–Crippen MR) is 227 cm³/mol. The lowest BCUT2D eigenvalue weighted by molar-refractivity contribution is -0.151. The highest BCUT2D eigenvalue weighted by atomic mass is 16.5. The quantitative estimate of drug-likeness (QED) is 0.0756. The summed E-state index contributed by atoms with van der Waals surface area (Å²) < 4.78 is 11.6. The molecule has 0 amide bonds. The lowest BCUT2D eigenvalue weighted by atomic mass is 9.47. The van der Waals surface area contributed by atoms with Crippen molar-refractivity contribution in [1.82, 2.24) is 0 Å². The molecular weight excluding hydrogens is 677 g/mol. The Kier molecular flexibility index (Phi) is 15.0. The number of hydrogen-bond acceptors (Lipinski definition) is 4. The molecule has 0 spiro atoms. The van der Waals surface area contributed by atoms with E-state index in [2.05, 4.69) is 65.0 Å². The Morgan fingerprint density at radius 3 is 2.16 bits per heavy atom.